The van der Waals surface area contributed by atoms with Crippen molar-refractivity contribution in [3.8, 4) is 5.82 Å². The van der Waals surface area contributed by atoms with Crippen molar-refractivity contribution < 1.29 is 4.79 Å². The van der Waals surface area contributed by atoms with Crippen molar-refractivity contribution in [2.24, 2.45) is 0 Å². The number of aromatic nitrogens is 4. The Hall–Kier alpha value is -4.24. The van der Waals surface area contributed by atoms with Crippen LogP contribution in [-0.2, 0) is 6.42 Å². The molecule has 9 nitrogen and oxygen atoms in total. The van der Waals surface area contributed by atoms with Crippen LogP contribution in [-0.4, -0.2) is 62.4 Å². The molecule has 0 amide bonds. The lowest BCUT2D eigenvalue weighted by atomic mass is 10.0. The number of nitrogens with zero attached hydrogens (tertiary/aromatic N) is 5. The molecule has 2 aliphatic rings. The fourth-order valence-corrected chi connectivity index (χ4v) is 5.02. The molecule has 2 fully saturated rings. The van der Waals surface area contributed by atoms with Crippen LogP contribution in [0.4, 0.5) is 23.1 Å². The Labute approximate surface area is 235 Å². The number of nitrogens with one attached hydrogen (secondary N) is 3. The number of carbonyl (C=O) groups excluding carboxylic acids is 1. The number of ketones is 1. The second-order valence-corrected chi connectivity index (χ2v) is 11.0. The van der Waals surface area contributed by atoms with Gasteiger partial charge in [0.1, 0.15) is 18.0 Å². The number of piperidine rings is 1. The summed E-state index contributed by atoms with van der Waals surface area (Å²) in [5.41, 5.74) is 4.64. The zero-order valence-electron chi connectivity index (χ0n) is 23.1. The number of aryl methyl sites for hydroxylation is 1. The van der Waals surface area contributed by atoms with E-state index in [2.05, 4.69) is 55.0 Å². The lowest BCUT2D eigenvalue weighted by molar-refractivity contribution is 0.0993. The van der Waals surface area contributed by atoms with Crippen molar-refractivity contribution in [1.82, 2.24) is 24.4 Å². The summed E-state index contributed by atoms with van der Waals surface area (Å²) in [6.45, 7) is 4.26. The molecule has 2 aromatic carbocycles. The molecule has 2 aromatic heterocycles. The number of rotatable bonds is 10. The highest BCUT2D eigenvalue weighted by molar-refractivity contribution is 5.98. The fraction of sp³-hybridized carbons (Fsp3) is 0.355. The summed E-state index contributed by atoms with van der Waals surface area (Å²) in [6, 6.07) is 17.0. The summed E-state index contributed by atoms with van der Waals surface area (Å²) >= 11 is 0. The SMILES string of the molecule is Cc1ccc(C(=O)Cc2ccc(NC3CCN(C)CC3)cc2)cc1Nc1nccn1-c1cc(NC2CC2)ncn1. The number of imidazole rings is 1. The molecule has 0 radical (unpaired) electrons. The normalized spacial score (nSPS) is 16.1. The van der Waals surface area contributed by atoms with Gasteiger partial charge in [-0.25, -0.2) is 15.0 Å². The van der Waals surface area contributed by atoms with Crippen LogP contribution >= 0.6 is 0 Å². The van der Waals surface area contributed by atoms with E-state index in [1.807, 2.05) is 54.1 Å². The minimum atomic E-state index is 0.0778. The van der Waals surface area contributed by atoms with E-state index in [0.29, 0.717) is 30.0 Å². The van der Waals surface area contributed by atoms with E-state index >= 15 is 0 Å². The number of hydrogen-bond acceptors (Lipinski definition) is 8. The van der Waals surface area contributed by atoms with Gasteiger partial charge in [-0.05, 0) is 82.1 Å². The van der Waals surface area contributed by atoms with Crippen LogP contribution in [0, 0.1) is 6.92 Å². The Kier molecular flexibility index (Phi) is 7.46. The van der Waals surface area contributed by atoms with E-state index < -0.39 is 0 Å². The van der Waals surface area contributed by atoms with Crippen molar-refractivity contribution in [2.75, 3.05) is 36.1 Å². The average molecular weight is 537 g/mol. The molecule has 1 saturated carbocycles. The second-order valence-electron chi connectivity index (χ2n) is 11.0. The molecule has 1 aliphatic carbocycles. The molecule has 3 heterocycles. The third-order valence-corrected chi connectivity index (χ3v) is 7.68. The average Bonchev–Trinajstić information content (AvgIpc) is 3.66. The minimum absolute atomic E-state index is 0.0778. The van der Waals surface area contributed by atoms with Gasteiger partial charge >= 0.3 is 0 Å². The fourth-order valence-electron chi connectivity index (χ4n) is 5.02. The molecule has 0 spiro atoms. The Balaban J connectivity index is 1.12. The Morgan fingerprint density at radius 3 is 2.48 bits per heavy atom. The van der Waals surface area contributed by atoms with Crippen LogP contribution in [0.15, 0.2) is 67.3 Å². The first-order chi connectivity index (χ1) is 19.5. The topological polar surface area (TPSA) is 100 Å². The molecule has 1 aliphatic heterocycles. The third-order valence-electron chi connectivity index (χ3n) is 7.68. The van der Waals surface area contributed by atoms with E-state index in [0.717, 1.165) is 60.1 Å². The number of likely N-dealkylation sites (tertiary alicyclic amines) is 1. The summed E-state index contributed by atoms with van der Waals surface area (Å²) in [4.78, 5) is 28.9. The summed E-state index contributed by atoms with van der Waals surface area (Å²) < 4.78 is 1.88. The smallest absolute Gasteiger partial charge is 0.213 e. The van der Waals surface area contributed by atoms with E-state index in [-0.39, 0.29) is 5.78 Å². The van der Waals surface area contributed by atoms with Crippen LogP contribution < -0.4 is 16.0 Å². The summed E-state index contributed by atoms with van der Waals surface area (Å²) in [5.74, 6) is 2.23. The van der Waals surface area contributed by atoms with Gasteiger partial charge in [0, 0.05) is 53.9 Å². The van der Waals surface area contributed by atoms with Crippen LogP contribution in [0.5, 0.6) is 0 Å². The van der Waals surface area contributed by atoms with Crippen LogP contribution in [0.3, 0.4) is 0 Å². The quantitative estimate of drug-likeness (QED) is 0.237. The third kappa shape index (κ3) is 6.31. The highest BCUT2D eigenvalue weighted by Crippen LogP contribution is 2.26. The van der Waals surface area contributed by atoms with Gasteiger partial charge in [-0.15, -0.1) is 0 Å². The predicted octanol–water partition coefficient (Wildman–Crippen LogP) is 5.22. The summed E-state index contributed by atoms with van der Waals surface area (Å²) in [6.07, 6.45) is 10.2. The first kappa shape index (κ1) is 26.0. The molecule has 0 bridgehead atoms. The van der Waals surface area contributed by atoms with Crippen LogP contribution in [0.1, 0.15) is 47.2 Å². The molecule has 4 aromatic rings. The maximum atomic E-state index is 13.2. The first-order valence-corrected chi connectivity index (χ1v) is 14.1. The van der Waals surface area contributed by atoms with Crippen LogP contribution in [0.25, 0.3) is 5.82 Å². The van der Waals surface area contributed by atoms with Gasteiger partial charge in [-0.1, -0.05) is 24.3 Å². The number of carbonyl (C=O) groups is 1. The van der Waals surface area contributed by atoms with Gasteiger partial charge in [0.2, 0.25) is 5.95 Å². The number of hydrogen-bond donors (Lipinski definition) is 3. The maximum Gasteiger partial charge on any atom is 0.213 e. The number of anilines is 4. The predicted molar refractivity (Wildman–Crippen MR) is 159 cm³/mol. The first-order valence-electron chi connectivity index (χ1n) is 14.1. The molecular formula is C31H36N8O. The highest BCUT2D eigenvalue weighted by Gasteiger charge is 2.22. The second kappa shape index (κ2) is 11.5. The zero-order chi connectivity index (χ0) is 27.5. The van der Waals surface area contributed by atoms with Crippen molar-refractivity contribution in [2.45, 2.75) is 51.1 Å². The summed E-state index contributed by atoms with van der Waals surface area (Å²) in [7, 11) is 2.17. The Morgan fingerprint density at radius 2 is 1.70 bits per heavy atom. The molecular weight excluding hydrogens is 500 g/mol. The van der Waals surface area contributed by atoms with Crippen molar-refractivity contribution in [1.29, 1.82) is 0 Å². The van der Waals surface area contributed by atoms with Crippen molar-refractivity contribution in [3.63, 3.8) is 0 Å². The zero-order valence-corrected chi connectivity index (χ0v) is 23.1. The van der Waals surface area contributed by atoms with Gasteiger partial charge in [0.25, 0.3) is 0 Å². The summed E-state index contributed by atoms with van der Waals surface area (Å²) in [5, 5.41) is 10.5. The molecule has 3 N–H and O–H groups in total. The monoisotopic (exact) mass is 536 g/mol. The van der Waals surface area contributed by atoms with Crippen molar-refractivity contribution >= 4 is 28.9 Å². The Bertz CT molecular complexity index is 1470. The van der Waals surface area contributed by atoms with Gasteiger partial charge < -0.3 is 20.9 Å². The lowest BCUT2D eigenvalue weighted by Gasteiger charge is -2.30. The standard InChI is InChI=1S/C31H36N8O/c1-21-3-6-23(28(40)17-22-4-7-24(8-5-22)35-26-11-14-38(2)15-12-26)18-27(21)37-31-32-13-16-39(31)30-19-29(33-20-34-30)36-25-9-10-25/h3-8,13,16,18-20,25-26,35H,9-12,14-15,17H2,1-2H3,(H,32,37)(H,33,34,36). The number of benzene rings is 2. The van der Waals surface area contributed by atoms with E-state index in [1.54, 1.807) is 12.5 Å². The highest BCUT2D eigenvalue weighted by atomic mass is 16.1. The van der Waals surface area contributed by atoms with Crippen LogP contribution in [0.2, 0.25) is 0 Å². The van der Waals surface area contributed by atoms with Crippen molar-refractivity contribution in [3.05, 3.63) is 83.9 Å². The van der Waals surface area contributed by atoms with Gasteiger partial charge in [-0.3, -0.25) is 9.36 Å². The maximum absolute atomic E-state index is 13.2. The van der Waals surface area contributed by atoms with Gasteiger partial charge in [0.15, 0.2) is 5.78 Å². The number of Topliss-reactive ketones (excluding diaryl/α,β-unsaturated/α-hetero) is 1. The van der Waals surface area contributed by atoms with E-state index in [9.17, 15) is 4.79 Å². The molecule has 1 saturated heterocycles. The van der Waals surface area contributed by atoms with Gasteiger partial charge in [-0.2, -0.15) is 0 Å². The molecule has 40 heavy (non-hydrogen) atoms. The molecule has 0 atom stereocenters. The molecule has 0 unspecified atom stereocenters. The van der Waals surface area contributed by atoms with E-state index in [4.69, 9.17) is 0 Å². The molecule has 206 valence electrons. The van der Waals surface area contributed by atoms with Gasteiger partial charge in [0.05, 0.1) is 0 Å². The molecule has 9 heteroatoms. The minimum Gasteiger partial charge on any atom is -0.382 e. The Morgan fingerprint density at radius 1 is 0.925 bits per heavy atom. The lowest BCUT2D eigenvalue weighted by Crippen LogP contribution is -2.36. The largest absolute Gasteiger partial charge is 0.382 e. The van der Waals surface area contributed by atoms with E-state index in [1.165, 1.54) is 12.8 Å². The molecule has 6 rings (SSSR count).